The number of aromatic nitrogens is 3. The van der Waals surface area contributed by atoms with Crippen molar-refractivity contribution in [3.05, 3.63) is 59.5 Å². The molecule has 3 aromatic rings. The van der Waals surface area contributed by atoms with E-state index in [9.17, 15) is 10.2 Å². The van der Waals surface area contributed by atoms with Gasteiger partial charge in [0.15, 0.2) is 5.82 Å². The van der Waals surface area contributed by atoms with Crippen molar-refractivity contribution in [2.75, 3.05) is 38.2 Å². The maximum atomic E-state index is 10.0. The fraction of sp³-hybridized carbons (Fsp3) is 0.538. The van der Waals surface area contributed by atoms with Gasteiger partial charge in [0.1, 0.15) is 11.8 Å². The molecule has 33 heavy (non-hydrogen) atoms. The van der Waals surface area contributed by atoms with Gasteiger partial charge in [-0.3, -0.25) is 0 Å². The molecule has 7 nitrogen and oxygen atoms in total. The largest absolute Gasteiger partial charge is 0.395 e. The number of β-amino-alcohol motifs (C(OH)–C–C–N with tert-alkyl or cyclic N) is 1. The standard InChI is InChI=1S/C26H37N5O2/c1-19-10-12-30(13-14-32)11-6-9-22(19)15-23-16-31-25(20(23)2)26(27-18-28-31)29-24(17-33)21-7-4-3-5-8-21/h3-5,7-8,16,18-19,22,24,32-33H,6,9-15,17H2,1-2H3,(H,27,28,29). The fourth-order valence-electron chi connectivity index (χ4n) is 5.15. The molecule has 1 aliphatic heterocycles. The number of fused-ring (bicyclic) bond motifs is 1. The van der Waals surface area contributed by atoms with Crippen LogP contribution < -0.4 is 5.32 Å². The Morgan fingerprint density at radius 1 is 1.15 bits per heavy atom. The number of hydrogen-bond acceptors (Lipinski definition) is 6. The van der Waals surface area contributed by atoms with Crippen molar-refractivity contribution in [1.29, 1.82) is 0 Å². The first-order valence-corrected chi connectivity index (χ1v) is 12.2. The number of aliphatic hydroxyl groups excluding tert-OH is 2. The van der Waals surface area contributed by atoms with Gasteiger partial charge in [0, 0.05) is 12.7 Å². The molecule has 3 N–H and O–H groups in total. The first-order chi connectivity index (χ1) is 16.1. The molecule has 1 saturated heterocycles. The van der Waals surface area contributed by atoms with Crippen LogP contribution in [0.4, 0.5) is 5.82 Å². The van der Waals surface area contributed by atoms with Crippen LogP contribution in [-0.4, -0.2) is 62.6 Å². The molecule has 0 amide bonds. The average Bonchev–Trinajstić information content (AvgIpc) is 3.15. The van der Waals surface area contributed by atoms with E-state index in [2.05, 4.69) is 40.3 Å². The lowest BCUT2D eigenvalue weighted by atomic mass is 9.81. The Balaban J connectivity index is 1.54. The zero-order valence-corrected chi connectivity index (χ0v) is 19.8. The van der Waals surface area contributed by atoms with Crippen molar-refractivity contribution < 1.29 is 10.2 Å². The van der Waals surface area contributed by atoms with E-state index in [1.165, 1.54) is 30.4 Å². The van der Waals surface area contributed by atoms with Crippen LogP contribution in [0.25, 0.3) is 5.52 Å². The summed E-state index contributed by atoms with van der Waals surface area (Å²) < 4.78 is 1.93. The van der Waals surface area contributed by atoms with E-state index in [-0.39, 0.29) is 19.3 Å². The molecule has 3 heterocycles. The summed E-state index contributed by atoms with van der Waals surface area (Å²) in [4.78, 5) is 6.92. The predicted octanol–water partition coefficient (Wildman–Crippen LogP) is 3.46. The Labute approximate surface area is 196 Å². The number of likely N-dealkylation sites (tertiary alicyclic amines) is 1. The highest BCUT2D eigenvalue weighted by atomic mass is 16.3. The van der Waals surface area contributed by atoms with Crippen LogP contribution >= 0.6 is 0 Å². The molecule has 0 aliphatic carbocycles. The van der Waals surface area contributed by atoms with E-state index in [0.29, 0.717) is 11.8 Å². The summed E-state index contributed by atoms with van der Waals surface area (Å²) in [5.74, 6) is 2.02. The number of aryl methyl sites for hydroxylation is 1. The van der Waals surface area contributed by atoms with E-state index < -0.39 is 0 Å². The van der Waals surface area contributed by atoms with Crippen molar-refractivity contribution in [3.8, 4) is 0 Å². The number of nitrogens with one attached hydrogen (secondary N) is 1. The minimum atomic E-state index is -0.227. The topological polar surface area (TPSA) is 85.9 Å². The SMILES string of the molecule is Cc1c(CC2CCCN(CCO)CCC2C)cn2ncnc(NC(CO)c3ccccc3)c12. The smallest absolute Gasteiger partial charge is 0.154 e. The summed E-state index contributed by atoms with van der Waals surface area (Å²) in [6, 6.07) is 9.74. The lowest BCUT2D eigenvalue weighted by Gasteiger charge is -2.31. The maximum absolute atomic E-state index is 10.0. The van der Waals surface area contributed by atoms with Crippen molar-refractivity contribution in [1.82, 2.24) is 19.5 Å². The maximum Gasteiger partial charge on any atom is 0.154 e. The summed E-state index contributed by atoms with van der Waals surface area (Å²) in [5, 5.41) is 27.2. The quantitative estimate of drug-likeness (QED) is 0.486. The molecule has 3 unspecified atom stereocenters. The molecule has 1 aromatic carbocycles. The number of aliphatic hydroxyl groups is 2. The lowest BCUT2D eigenvalue weighted by Crippen LogP contribution is -2.34. The monoisotopic (exact) mass is 451 g/mol. The summed E-state index contributed by atoms with van der Waals surface area (Å²) >= 11 is 0. The van der Waals surface area contributed by atoms with Crippen LogP contribution in [0.2, 0.25) is 0 Å². The number of benzene rings is 1. The summed E-state index contributed by atoms with van der Waals surface area (Å²) in [6.45, 7) is 7.68. The van der Waals surface area contributed by atoms with Crippen molar-refractivity contribution in [3.63, 3.8) is 0 Å². The zero-order chi connectivity index (χ0) is 23.2. The second-order valence-corrected chi connectivity index (χ2v) is 9.41. The Morgan fingerprint density at radius 2 is 1.97 bits per heavy atom. The highest BCUT2D eigenvalue weighted by Gasteiger charge is 2.24. The molecule has 0 saturated carbocycles. The van der Waals surface area contributed by atoms with Crippen molar-refractivity contribution in [2.45, 2.75) is 45.6 Å². The molecule has 3 atom stereocenters. The van der Waals surface area contributed by atoms with Gasteiger partial charge in [-0.1, -0.05) is 37.3 Å². The average molecular weight is 452 g/mol. The number of anilines is 1. The third kappa shape index (κ3) is 5.54. The Kier molecular flexibility index (Phi) is 7.96. The van der Waals surface area contributed by atoms with E-state index in [1.54, 1.807) is 6.33 Å². The summed E-state index contributed by atoms with van der Waals surface area (Å²) in [5.41, 5.74) is 4.54. The van der Waals surface area contributed by atoms with Crippen molar-refractivity contribution >= 4 is 11.3 Å². The molecule has 1 aliphatic rings. The Bertz CT molecular complexity index is 1020. The predicted molar refractivity (Wildman–Crippen MR) is 131 cm³/mol. The fourth-order valence-corrected chi connectivity index (χ4v) is 5.15. The Hall–Kier alpha value is -2.48. The second-order valence-electron chi connectivity index (χ2n) is 9.41. The van der Waals surface area contributed by atoms with Gasteiger partial charge in [0.25, 0.3) is 0 Å². The van der Waals surface area contributed by atoms with E-state index in [1.807, 2.05) is 34.8 Å². The molecular weight excluding hydrogens is 414 g/mol. The first-order valence-electron chi connectivity index (χ1n) is 12.2. The van der Waals surface area contributed by atoms with Crippen molar-refractivity contribution in [2.24, 2.45) is 11.8 Å². The zero-order valence-electron chi connectivity index (χ0n) is 19.8. The van der Waals surface area contributed by atoms with Gasteiger partial charge in [-0.05, 0) is 74.2 Å². The second kappa shape index (κ2) is 11.1. The van der Waals surface area contributed by atoms with Crippen LogP contribution in [0.3, 0.4) is 0 Å². The normalized spacial score (nSPS) is 21.0. The van der Waals surface area contributed by atoms with Gasteiger partial charge >= 0.3 is 0 Å². The van der Waals surface area contributed by atoms with E-state index in [4.69, 9.17) is 0 Å². The van der Waals surface area contributed by atoms with Gasteiger partial charge in [-0.15, -0.1) is 0 Å². The van der Waals surface area contributed by atoms with Crippen LogP contribution in [0, 0.1) is 18.8 Å². The lowest BCUT2D eigenvalue weighted by molar-refractivity contribution is 0.154. The summed E-state index contributed by atoms with van der Waals surface area (Å²) in [7, 11) is 0. The number of rotatable bonds is 8. The Morgan fingerprint density at radius 3 is 2.73 bits per heavy atom. The van der Waals surface area contributed by atoms with Crippen LogP contribution in [0.1, 0.15) is 48.9 Å². The van der Waals surface area contributed by atoms with Gasteiger partial charge in [0.05, 0.1) is 19.3 Å². The molecule has 0 spiro atoms. The highest BCUT2D eigenvalue weighted by molar-refractivity contribution is 5.74. The molecule has 0 radical (unpaired) electrons. The van der Waals surface area contributed by atoms with Gasteiger partial charge in [0.2, 0.25) is 0 Å². The van der Waals surface area contributed by atoms with E-state index >= 15 is 0 Å². The van der Waals surface area contributed by atoms with Gasteiger partial charge < -0.3 is 20.4 Å². The van der Waals surface area contributed by atoms with Crippen LogP contribution in [0.5, 0.6) is 0 Å². The van der Waals surface area contributed by atoms with Gasteiger partial charge in [-0.25, -0.2) is 9.50 Å². The summed E-state index contributed by atoms with van der Waals surface area (Å²) in [6.07, 6.45) is 8.30. The van der Waals surface area contributed by atoms with Crippen LogP contribution in [0.15, 0.2) is 42.9 Å². The molecule has 178 valence electrons. The van der Waals surface area contributed by atoms with Crippen LogP contribution in [-0.2, 0) is 6.42 Å². The number of nitrogens with zero attached hydrogens (tertiary/aromatic N) is 4. The minimum absolute atomic E-state index is 0.0142. The number of hydrogen-bond donors (Lipinski definition) is 3. The minimum Gasteiger partial charge on any atom is -0.395 e. The third-order valence-corrected chi connectivity index (χ3v) is 7.28. The molecule has 0 bridgehead atoms. The third-order valence-electron chi connectivity index (χ3n) is 7.28. The van der Waals surface area contributed by atoms with Gasteiger partial charge in [-0.2, -0.15) is 5.10 Å². The first kappa shape index (κ1) is 23.7. The van der Waals surface area contributed by atoms with E-state index in [0.717, 1.165) is 43.0 Å². The molecular formula is C26H37N5O2. The molecule has 4 rings (SSSR count). The molecule has 2 aromatic heterocycles. The molecule has 1 fully saturated rings. The highest BCUT2D eigenvalue weighted by Crippen LogP contribution is 2.32. The molecule has 7 heteroatoms.